The largest absolute Gasteiger partial charge is 0.444 e. The first-order valence-electron chi connectivity index (χ1n) is 7.98. The molecule has 2 aromatic heterocycles. The Morgan fingerprint density at radius 2 is 1.96 bits per heavy atom. The fourth-order valence-corrected chi connectivity index (χ4v) is 2.77. The zero-order valence-corrected chi connectivity index (χ0v) is 14.9. The van der Waals surface area contributed by atoms with Crippen LogP contribution in [0, 0.1) is 0 Å². The molecule has 24 heavy (non-hydrogen) atoms. The van der Waals surface area contributed by atoms with Gasteiger partial charge in [0.1, 0.15) is 5.60 Å². The normalized spacial score (nSPS) is 14.4. The number of fused-ring (bicyclic) bond motifs is 1. The van der Waals surface area contributed by atoms with Crippen LogP contribution in [0.2, 0.25) is 0 Å². The van der Waals surface area contributed by atoms with Gasteiger partial charge in [0, 0.05) is 6.04 Å². The van der Waals surface area contributed by atoms with Crippen LogP contribution >= 0.6 is 0 Å². The maximum Gasteiger partial charge on any atom is 0.410 e. The summed E-state index contributed by atoms with van der Waals surface area (Å²) in [5, 5.41) is 12.2. The second-order valence-electron chi connectivity index (χ2n) is 7.23. The van der Waals surface area contributed by atoms with Gasteiger partial charge in [0.05, 0.1) is 31.5 Å². The van der Waals surface area contributed by atoms with Crippen LogP contribution in [0.4, 0.5) is 4.79 Å². The van der Waals surface area contributed by atoms with E-state index in [0.29, 0.717) is 24.7 Å². The first-order chi connectivity index (χ1) is 11.2. The zero-order chi connectivity index (χ0) is 17.6. The van der Waals surface area contributed by atoms with E-state index >= 15 is 0 Å². The summed E-state index contributed by atoms with van der Waals surface area (Å²) in [4.78, 5) is 20.0. The molecule has 130 valence electrons. The van der Waals surface area contributed by atoms with Crippen LogP contribution < -0.4 is 0 Å². The van der Waals surface area contributed by atoms with Gasteiger partial charge in [0.25, 0.3) is 0 Å². The second-order valence-corrected chi connectivity index (χ2v) is 7.23. The average molecular weight is 333 g/mol. The molecule has 3 heterocycles. The first kappa shape index (κ1) is 16.4. The van der Waals surface area contributed by atoms with Crippen LogP contribution in [-0.4, -0.2) is 46.4 Å². The molecule has 1 aliphatic heterocycles. The second kappa shape index (κ2) is 5.57. The lowest BCUT2D eigenvalue weighted by Gasteiger charge is -2.24. The Hall–Kier alpha value is -2.45. The van der Waals surface area contributed by atoms with Crippen LogP contribution in [0.15, 0.2) is 0 Å². The number of amides is 1. The molecule has 9 heteroatoms. The smallest absolute Gasteiger partial charge is 0.410 e. The van der Waals surface area contributed by atoms with E-state index in [4.69, 9.17) is 4.74 Å². The molecule has 0 aromatic carbocycles. The Morgan fingerprint density at radius 3 is 2.50 bits per heavy atom. The third-order valence-corrected chi connectivity index (χ3v) is 3.65. The minimum Gasteiger partial charge on any atom is -0.444 e. The molecule has 3 rings (SSSR count). The summed E-state index contributed by atoms with van der Waals surface area (Å²) in [6.07, 6.45) is -0.324. The molecule has 0 aliphatic carbocycles. The van der Waals surface area contributed by atoms with Crippen molar-refractivity contribution in [3.8, 4) is 11.6 Å². The number of rotatable bonds is 2. The van der Waals surface area contributed by atoms with Crippen molar-refractivity contribution < 1.29 is 9.53 Å². The fourth-order valence-electron chi connectivity index (χ4n) is 2.77. The van der Waals surface area contributed by atoms with Crippen LogP contribution in [-0.2, 0) is 24.9 Å². The molecule has 0 atom stereocenters. The predicted molar refractivity (Wildman–Crippen MR) is 85.9 cm³/mol. The lowest BCUT2D eigenvalue weighted by molar-refractivity contribution is 0.0237. The fraction of sp³-hybridized carbons (Fsp3) is 0.667. The number of tetrazole rings is 1. The Balaban J connectivity index is 1.90. The van der Waals surface area contributed by atoms with Gasteiger partial charge in [-0.25, -0.2) is 9.78 Å². The van der Waals surface area contributed by atoms with Gasteiger partial charge < -0.3 is 9.30 Å². The van der Waals surface area contributed by atoms with Crippen molar-refractivity contribution in [1.29, 1.82) is 0 Å². The van der Waals surface area contributed by atoms with Crippen molar-refractivity contribution in [3.63, 3.8) is 0 Å². The molecule has 1 aliphatic rings. The SMILES string of the molecule is CC(C)n1c(-c2nnn(C)n2)nc2c1CN(C(=O)OC(C)(C)C)C2. The highest BCUT2D eigenvalue weighted by atomic mass is 16.6. The Bertz CT molecular complexity index is 769. The lowest BCUT2D eigenvalue weighted by Crippen LogP contribution is -2.34. The van der Waals surface area contributed by atoms with Crippen molar-refractivity contribution in [2.45, 2.75) is 59.4 Å². The third kappa shape index (κ3) is 2.98. The van der Waals surface area contributed by atoms with E-state index in [1.807, 2.05) is 20.8 Å². The summed E-state index contributed by atoms with van der Waals surface area (Å²) in [6.45, 7) is 10.6. The number of aromatic nitrogens is 6. The van der Waals surface area contributed by atoms with Gasteiger partial charge in [0.2, 0.25) is 5.82 Å². The van der Waals surface area contributed by atoms with Crippen LogP contribution in [0.3, 0.4) is 0 Å². The van der Waals surface area contributed by atoms with Gasteiger partial charge >= 0.3 is 6.09 Å². The number of aryl methyl sites for hydroxylation is 1. The van der Waals surface area contributed by atoms with Crippen molar-refractivity contribution in [1.82, 2.24) is 34.7 Å². The predicted octanol–water partition coefficient (Wildman–Crippen LogP) is 1.91. The molecule has 9 nitrogen and oxygen atoms in total. The molecular formula is C15H23N7O2. The number of hydrogen-bond donors (Lipinski definition) is 0. The first-order valence-corrected chi connectivity index (χ1v) is 7.98. The summed E-state index contributed by atoms with van der Waals surface area (Å²) < 4.78 is 7.52. The molecular weight excluding hydrogens is 310 g/mol. The van der Waals surface area contributed by atoms with Gasteiger partial charge in [-0.1, -0.05) is 0 Å². The molecule has 0 saturated heterocycles. The number of carbonyl (C=O) groups is 1. The Labute approximate surface area is 140 Å². The van der Waals surface area contributed by atoms with Crippen LogP contribution in [0.1, 0.15) is 52.0 Å². The molecule has 0 unspecified atom stereocenters. The minimum absolute atomic E-state index is 0.165. The van der Waals surface area contributed by atoms with Crippen molar-refractivity contribution in [2.24, 2.45) is 7.05 Å². The van der Waals surface area contributed by atoms with Crippen molar-refractivity contribution in [2.75, 3.05) is 0 Å². The standard InChI is InChI=1S/C15H23N7O2/c1-9(2)22-11-8-21(14(23)24-15(3,4)5)7-10(11)16-13(22)12-17-19-20(6)18-12/h9H,7-8H2,1-6H3. The van der Waals surface area contributed by atoms with Crippen molar-refractivity contribution in [3.05, 3.63) is 11.4 Å². The maximum absolute atomic E-state index is 12.3. The summed E-state index contributed by atoms with van der Waals surface area (Å²) in [5.41, 5.74) is 1.34. The van der Waals surface area contributed by atoms with E-state index in [9.17, 15) is 4.79 Å². The van der Waals surface area contributed by atoms with Gasteiger partial charge in [-0.2, -0.15) is 4.80 Å². The maximum atomic E-state index is 12.3. The monoisotopic (exact) mass is 333 g/mol. The topological polar surface area (TPSA) is 91.0 Å². The minimum atomic E-state index is -0.514. The zero-order valence-electron chi connectivity index (χ0n) is 14.9. The molecule has 0 N–H and O–H groups in total. The van der Waals surface area contributed by atoms with Gasteiger partial charge in [-0.15, -0.1) is 10.2 Å². The highest BCUT2D eigenvalue weighted by Gasteiger charge is 2.34. The molecule has 0 radical (unpaired) electrons. The quantitative estimate of drug-likeness (QED) is 0.833. The van der Waals surface area contributed by atoms with E-state index < -0.39 is 5.60 Å². The van der Waals surface area contributed by atoms with Gasteiger partial charge in [-0.3, -0.25) is 4.90 Å². The van der Waals surface area contributed by atoms with E-state index in [0.717, 1.165) is 11.4 Å². The molecule has 1 amide bonds. The molecule has 0 saturated carbocycles. The summed E-state index contributed by atoms with van der Waals surface area (Å²) in [5.74, 6) is 1.18. The van der Waals surface area contributed by atoms with Gasteiger partial charge in [0.15, 0.2) is 5.82 Å². The third-order valence-electron chi connectivity index (χ3n) is 3.65. The Morgan fingerprint density at radius 1 is 1.25 bits per heavy atom. The van der Waals surface area contributed by atoms with E-state index in [-0.39, 0.29) is 12.1 Å². The molecule has 2 aromatic rings. The van der Waals surface area contributed by atoms with Crippen molar-refractivity contribution >= 4 is 6.09 Å². The highest BCUT2D eigenvalue weighted by molar-refractivity contribution is 5.69. The number of hydrogen-bond acceptors (Lipinski definition) is 6. The molecule has 0 fully saturated rings. The van der Waals surface area contributed by atoms with Crippen LogP contribution in [0.25, 0.3) is 11.6 Å². The van der Waals surface area contributed by atoms with E-state index in [1.165, 1.54) is 4.80 Å². The highest BCUT2D eigenvalue weighted by Crippen LogP contribution is 2.31. The van der Waals surface area contributed by atoms with Gasteiger partial charge in [-0.05, 0) is 39.8 Å². The number of nitrogens with zero attached hydrogens (tertiary/aromatic N) is 7. The Kier molecular flexibility index (Phi) is 3.81. The van der Waals surface area contributed by atoms with E-state index in [2.05, 4.69) is 38.8 Å². The number of ether oxygens (including phenoxy) is 1. The number of imidazole rings is 1. The average Bonchev–Trinajstić information content (AvgIpc) is 3.08. The molecule has 0 bridgehead atoms. The van der Waals surface area contributed by atoms with E-state index in [1.54, 1.807) is 11.9 Å². The summed E-state index contributed by atoms with van der Waals surface area (Å²) >= 11 is 0. The number of carbonyl (C=O) groups excluding carboxylic acids is 1. The van der Waals surface area contributed by atoms with Crippen LogP contribution in [0.5, 0.6) is 0 Å². The summed E-state index contributed by atoms with van der Waals surface area (Å²) in [7, 11) is 1.72. The lowest BCUT2D eigenvalue weighted by atomic mass is 10.2. The molecule has 0 spiro atoms. The summed E-state index contributed by atoms with van der Waals surface area (Å²) in [6, 6.07) is 0.165.